The maximum atomic E-state index is 14.4. The molecule has 0 radical (unpaired) electrons. The van der Waals surface area contributed by atoms with Crippen LogP contribution in [-0.4, -0.2) is 16.9 Å². The third-order valence-electron chi connectivity index (χ3n) is 5.34. The van der Waals surface area contributed by atoms with Gasteiger partial charge in [-0.05, 0) is 25.2 Å². The minimum absolute atomic E-state index is 0.185. The normalized spacial score (nSPS) is 25.7. The largest absolute Gasteiger partial charge is 0.392 e. The Morgan fingerprint density at radius 2 is 1.38 bits per heavy atom. The smallest absolute Gasteiger partial charge is 0.148 e. The van der Waals surface area contributed by atoms with Crippen molar-refractivity contribution in [2.75, 3.05) is 0 Å². The summed E-state index contributed by atoms with van der Waals surface area (Å²) in [5.74, 6) is 0.647. The summed E-state index contributed by atoms with van der Waals surface area (Å²) in [4.78, 5) is 0. The molecule has 1 aliphatic carbocycles. The van der Waals surface area contributed by atoms with E-state index in [0.29, 0.717) is 5.92 Å². The zero-order valence-electron chi connectivity index (χ0n) is 14.3. The molecule has 1 N–H and O–H groups in total. The van der Waals surface area contributed by atoms with Crippen molar-refractivity contribution in [1.82, 2.24) is 0 Å². The number of aliphatic hydroxyl groups excluding tert-OH is 1. The molecule has 0 aliphatic heterocycles. The molecule has 3 atom stereocenters. The van der Waals surface area contributed by atoms with Crippen LogP contribution in [0.5, 0.6) is 0 Å². The van der Waals surface area contributed by atoms with E-state index in [0.717, 1.165) is 42.7 Å². The first kappa shape index (κ1) is 17.5. The van der Waals surface area contributed by atoms with Crippen molar-refractivity contribution in [2.45, 2.75) is 50.8 Å². The summed E-state index contributed by atoms with van der Waals surface area (Å²) >= 11 is 0. The van der Waals surface area contributed by atoms with Crippen LogP contribution in [0.3, 0.4) is 0 Å². The first-order chi connectivity index (χ1) is 11.6. The number of aliphatic hydroxyl groups is 1. The summed E-state index contributed by atoms with van der Waals surface area (Å²) in [5.41, 5.74) is -0.185. The average molecular weight is 342 g/mol. The van der Waals surface area contributed by atoms with Gasteiger partial charge in [0, 0.05) is 16.3 Å². The highest BCUT2D eigenvalue weighted by molar-refractivity contribution is 7.79. The third kappa shape index (κ3) is 3.50. The lowest BCUT2D eigenvalue weighted by molar-refractivity contribution is 0.136. The van der Waals surface area contributed by atoms with Gasteiger partial charge in [0.1, 0.15) is 7.14 Å². The fraction of sp³-hybridized carbons (Fsp3) is 0.429. The van der Waals surface area contributed by atoms with Crippen LogP contribution in [-0.2, 0) is 4.57 Å². The second-order valence-electron chi connectivity index (χ2n) is 7.08. The molecule has 128 valence electrons. The topological polar surface area (TPSA) is 37.3 Å². The average Bonchev–Trinajstić information content (AvgIpc) is 2.63. The molecular weight excluding hydrogens is 315 g/mol. The number of hydrogen-bond donors (Lipinski definition) is 1. The fourth-order valence-electron chi connectivity index (χ4n) is 3.91. The van der Waals surface area contributed by atoms with Crippen LogP contribution in [0.25, 0.3) is 0 Å². The fourth-order valence-corrected chi connectivity index (χ4v) is 7.39. The van der Waals surface area contributed by atoms with Crippen molar-refractivity contribution in [3.05, 3.63) is 60.7 Å². The molecular formula is C21H27O2P. The second-order valence-corrected chi connectivity index (χ2v) is 10.1. The molecule has 3 rings (SSSR count). The van der Waals surface area contributed by atoms with Crippen molar-refractivity contribution in [3.63, 3.8) is 0 Å². The molecule has 24 heavy (non-hydrogen) atoms. The molecule has 2 nitrogen and oxygen atoms in total. The van der Waals surface area contributed by atoms with Gasteiger partial charge in [0.05, 0.1) is 6.10 Å². The van der Waals surface area contributed by atoms with Gasteiger partial charge in [0.15, 0.2) is 0 Å². The van der Waals surface area contributed by atoms with Crippen molar-refractivity contribution in [1.29, 1.82) is 0 Å². The van der Waals surface area contributed by atoms with Gasteiger partial charge in [-0.15, -0.1) is 0 Å². The van der Waals surface area contributed by atoms with Crippen LogP contribution in [0.1, 0.15) is 39.0 Å². The van der Waals surface area contributed by atoms with Gasteiger partial charge in [-0.25, -0.2) is 0 Å². The number of rotatable bonds is 3. The van der Waals surface area contributed by atoms with Gasteiger partial charge in [-0.3, -0.25) is 0 Å². The molecule has 2 aromatic rings. The molecule has 0 amide bonds. The molecule has 0 unspecified atom stereocenters. The maximum absolute atomic E-state index is 14.4. The van der Waals surface area contributed by atoms with Crippen LogP contribution >= 0.6 is 7.14 Å². The monoisotopic (exact) mass is 342 g/mol. The molecule has 0 heterocycles. The lowest BCUT2D eigenvalue weighted by Crippen LogP contribution is -2.36. The van der Waals surface area contributed by atoms with E-state index in [-0.39, 0.29) is 5.66 Å². The van der Waals surface area contributed by atoms with Crippen molar-refractivity contribution in [3.8, 4) is 0 Å². The van der Waals surface area contributed by atoms with Gasteiger partial charge >= 0.3 is 0 Å². The van der Waals surface area contributed by atoms with Crippen LogP contribution in [0.4, 0.5) is 0 Å². The first-order valence-electron chi connectivity index (χ1n) is 9.01. The van der Waals surface area contributed by atoms with Crippen molar-refractivity contribution in [2.24, 2.45) is 5.92 Å². The molecule has 1 saturated carbocycles. The van der Waals surface area contributed by atoms with Gasteiger partial charge in [-0.2, -0.15) is 0 Å². The van der Waals surface area contributed by atoms with E-state index in [1.165, 1.54) is 0 Å². The van der Waals surface area contributed by atoms with E-state index in [1.807, 2.05) is 60.7 Å². The van der Waals surface area contributed by atoms with Crippen molar-refractivity contribution < 1.29 is 9.67 Å². The standard InChI is InChI=1S/C21H27O2P/c1-17-9-8-14-21(20(22)16-15-17)24(23,18-10-4-2-5-11-18)19-12-6-3-7-13-19/h2-7,10-13,17,20-22H,8-9,14-16H2,1H3/t17-,20+,21+/m0/s1. The van der Waals surface area contributed by atoms with Crippen LogP contribution in [0.2, 0.25) is 0 Å². The highest BCUT2D eigenvalue weighted by atomic mass is 31.2. The second kappa shape index (κ2) is 7.68. The summed E-state index contributed by atoms with van der Waals surface area (Å²) in [6.45, 7) is 2.25. The van der Waals surface area contributed by atoms with E-state index < -0.39 is 13.2 Å². The van der Waals surface area contributed by atoms with Gasteiger partial charge in [-0.1, -0.05) is 80.4 Å². The summed E-state index contributed by atoms with van der Waals surface area (Å²) < 4.78 is 14.4. The van der Waals surface area contributed by atoms with Crippen molar-refractivity contribution >= 4 is 17.8 Å². The maximum Gasteiger partial charge on any atom is 0.148 e. The molecule has 1 fully saturated rings. The molecule has 0 aromatic heterocycles. The molecule has 0 spiro atoms. The minimum Gasteiger partial charge on any atom is -0.392 e. The van der Waals surface area contributed by atoms with E-state index in [4.69, 9.17) is 0 Å². The molecule has 0 saturated heterocycles. The Morgan fingerprint density at radius 3 is 1.92 bits per heavy atom. The van der Waals surface area contributed by atoms with Gasteiger partial charge in [0.25, 0.3) is 0 Å². The van der Waals surface area contributed by atoms with Crippen LogP contribution in [0, 0.1) is 5.92 Å². The van der Waals surface area contributed by atoms with Gasteiger partial charge < -0.3 is 9.67 Å². The lowest BCUT2D eigenvalue weighted by atomic mass is 9.91. The predicted molar refractivity (Wildman–Crippen MR) is 102 cm³/mol. The van der Waals surface area contributed by atoms with Gasteiger partial charge in [0.2, 0.25) is 0 Å². The Bertz CT molecular complexity index is 640. The van der Waals surface area contributed by atoms with E-state index >= 15 is 0 Å². The highest BCUT2D eigenvalue weighted by Crippen LogP contribution is 2.53. The Morgan fingerprint density at radius 1 is 0.833 bits per heavy atom. The Kier molecular flexibility index (Phi) is 5.58. The summed E-state index contributed by atoms with van der Waals surface area (Å²) in [5, 5.41) is 12.6. The summed E-state index contributed by atoms with van der Waals surface area (Å²) in [7, 11) is -2.87. The first-order valence-corrected chi connectivity index (χ1v) is 10.8. The number of hydrogen-bond acceptors (Lipinski definition) is 2. The van der Waals surface area contributed by atoms with E-state index in [2.05, 4.69) is 6.92 Å². The molecule has 2 aromatic carbocycles. The Balaban J connectivity index is 2.06. The SMILES string of the molecule is C[C@H]1CCC[C@@H](P(=O)(c2ccccc2)c2ccccc2)[C@H](O)CC1. The Hall–Kier alpha value is -1.37. The molecule has 3 heteroatoms. The van der Waals surface area contributed by atoms with E-state index in [1.54, 1.807) is 0 Å². The summed E-state index contributed by atoms with van der Waals surface area (Å²) in [6.07, 6.45) is 4.28. The molecule has 0 bridgehead atoms. The quantitative estimate of drug-likeness (QED) is 0.843. The van der Waals surface area contributed by atoms with E-state index in [9.17, 15) is 9.67 Å². The zero-order chi connectivity index (χ0) is 17.0. The number of benzene rings is 2. The Labute approximate surface area is 145 Å². The zero-order valence-corrected chi connectivity index (χ0v) is 15.2. The lowest BCUT2D eigenvalue weighted by Gasteiger charge is -2.34. The van der Waals surface area contributed by atoms with Crippen LogP contribution < -0.4 is 10.6 Å². The highest BCUT2D eigenvalue weighted by Gasteiger charge is 2.41. The van der Waals surface area contributed by atoms with Crippen LogP contribution in [0.15, 0.2) is 60.7 Å². The molecule has 1 aliphatic rings. The predicted octanol–water partition coefficient (Wildman–Crippen LogP) is 4.33. The third-order valence-corrected chi connectivity index (χ3v) is 9.01. The minimum atomic E-state index is -2.87. The summed E-state index contributed by atoms with van der Waals surface area (Å²) in [6, 6.07) is 19.5.